The van der Waals surface area contributed by atoms with Crippen molar-refractivity contribution in [2.75, 3.05) is 0 Å². The smallest absolute Gasteiger partial charge is 0.324 e. The highest BCUT2D eigenvalue weighted by atomic mass is 35.5. The van der Waals surface area contributed by atoms with Crippen LogP contribution in [0.4, 0.5) is 0 Å². The Bertz CT molecular complexity index is 1290. The molecule has 40 heavy (non-hydrogen) atoms. The standard InChI is InChI=1S/C32H37ClN2O5/c1-21(2)39-29(37)32(18-19-34,30(38)40-22(3)4)17-16-31(6)23(5)27(25-10-8-7-9-11-25)35(28(31)36)20-24-12-14-26(33)15-13-24/h7-15,21-22H,16-18,20H2,1-6H3. The summed E-state index contributed by atoms with van der Waals surface area (Å²) in [5.74, 6) is -1.78. The van der Waals surface area contributed by atoms with Crippen molar-refractivity contribution >= 4 is 35.1 Å². The Labute approximate surface area is 241 Å². The number of esters is 2. The molecule has 0 fully saturated rings. The van der Waals surface area contributed by atoms with Gasteiger partial charge in [-0.15, -0.1) is 0 Å². The third-order valence-electron chi connectivity index (χ3n) is 7.37. The van der Waals surface area contributed by atoms with E-state index in [4.69, 9.17) is 21.1 Å². The molecule has 1 unspecified atom stereocenters. The van der Waals surface area contributed by atoms with Crippen molar-refractivity contribution in [3.63, 3.8) is 0 Å². The summed E-state index contributed by atoms with van der Waals surface area (Å²) in [6.07, 6.45) is -1.37. The van der Waals surface area contributed by atoms with Crippen molar-refractivity contribution in [3.8, 4) is 6.07 Å². The fraction of sp³-hybridized carbons (Fsp3) is 0.438. The summed E-state index contributed by atoms with van der Waals surface area (Å²) in [5, 5.41) is 10.3. The van der Waals surface area contributed by atoms with Gasteiger partial charge in [0, 0.05) is 5.02 Å². The average molecular weight is 565 g/mol. The summed E-state index contributed by atoms with van der Waals surface area (Å²) in [5.41, 5.74) is 0.481. The van der Waals surface area contributed by atoms with Crippen molar-refractivity contribution in [1.82, 2.24) is 4.90 Å². The minimum atomic E-state index is -1.86. The molecule has 0 bridgehead atoms. The second-order valence-corrected chi connectivity index (χ2v) is 11.5. The Hall–Kier alpha value is -3.63. The first-order valence-corrected chi connectivity index (χ1v) is 13.9. The maximum atomic E-state index is 14.2. The van der Waals surface area contributed by atoms with Crippen LogP contribution in [0.1, 0.15) is 71.9 Å². The molecule has 1 heterocycles. The van der Waals surface area contributed by atoms with E-state index in [-0.39, 0.29) is 18.7 Å². The monoisotopic (exact) mass is 564 g/mol. The van der Waals surface area contributed by atoms with Crippen molar-refractivity contribution in [3.05, 3.63) is 76.3 Å². The molecule has 0 saturated heterocycles. The van der Waals surface area contributed by atoms with Gasteiger partial charge in [0.05, 0.1) is 42.4 Å². The highest BCUT2D eigenvalue weighted by Gasteiger charge is 2.54. The van der Waals surface area contributed by atoms with E-state index in [9.17, 15) is 19.6 Å². The van der Waals surface area contributed by atoms with Gasteiger partial charge in [-0.1, -0.05) is 54.1 Å². The predicted molar refractivity (Wildman–Crippen MR) is 153 cm³/mol. The number of carbonyl (C=O) groups is 3. The van der Waals surface area contributed by atoms with Gasteiger partial charge in [-0.3, -0.25) is 14.4 Å². The second kappa shape index (κ2) is 12.7. The normalized spacial score (nSPS) is 17.4. The van der Waals surface area contributed by atoms with Gasteiger partial charge in [-0.05, 0) is 83.2 Å². The number of nitriles is 1. The van der Waals surface area contributed by atoms with Crippen LogP contribution in [0.2, 0.25) is 5.02 Å². The highest BCUT2D eigenvalue weighted by Crippen LogP contribution is 2.49. The molecule has 3 rings (SSSR count). The number of ether oxygens (including phenoxy) is 2. The SMILES string of the molecule is CC1=C(c2ccccc2)N(Cc2ccc(Cl)cc2)C(=O)C1(C)CCC(CC#N)(C(=O)OC(C)C)C(=O)OC(C)C. The van der Waals surface area contributed by atoms with E-state index in [0.29, 0.717) is 11.6 Å². The van der Waals surface area contributed by atoms with Crippen molar-refractivity contribution in [1.29, 1.82) is 5.26 Å². The molecule has 8 heteroatoms. The van der Waals surface area contributed by atoms with Gasteiger partial charge < -0.3 is 14.4 Å². The molecular weight excluding hydrogens is 528 g/mol. The number of hydrogen-bond donors (Lipinski definition) is 0. The zero-order chi connectivity index (χ0) is 29.7. The molecule has 7 nitrogen and oxygen atoms in total. The molecule has 212 valence electrons. The van der Waals surface area contributed by atoms with Crippen molar-refractivity contribution in [2.45, 2.75) is 79.6 Å². The fourth-order valence-electron chi connectivity index (χ4n) is 4.98. The van der Waals surface area contributed by atoms with E-state index in [2.05, 4.69) is 0 Å². The minimum Gasteiger partial charge on any atom is -0.462 e. The molecule has 1 aliphatic rings. The first kappa shape index (κ1) is 30.9. The first-order chi connectivity index (χ1) is 18.9. The molecule has 1 atom stereocenters. The lowest BCUT2D eigenvalue weighted by Crippen LogP contribution is -2.45. The van der Waals surface area contributed by atoms with Gasteiger partial charge in [0.1, 0.15) is 0 Å². The maximum absolute atomic E-state index is 14.2. The Morgan fingerprint density at radius 1 is 1.00 bits per heavy atom. The molecule has 0 aliphatic carbocycles. The lowest BCUT2D eigenvalue weighted by atomic mass is 9.71. The Balaban J connectivity index is 2.06. The van der Waals surface area contributed by atoms with Crippen LogP contribution in [-0.2, 0) is 30.4 Å². The molecular formula is C32H37ClN2O5. The van der Waals surface area contributed by atoms with Crippen LogP contribution < -0.4 is 0 Å². The average Bonchev–Trinajstić information content (AvgIpc) is 3.08. The van der Waals surface area contributed by atoms with Gasteiger partial charge in [-0.2, -0.15) is 5.26 Å². The number of halogens is 1. The lowest BCUT2D eigenvalue weighted by Gasteiger charge is -2.33. The zero-order valence-electron chi connectivity index (χ0n) is 24.0. The molecule has 1 amide bonds. The third-order valence-corrected chi connectivity index (χ3v) is 7.62. The summed E-state index contributed by atoms with van der Waals surface area (Å²) in [6.45, 7) is 10.8. The fourth-order valence-corrected chi connectivity index (χ4v) is 5.11. The number of rotatable bonds is 11. The van der Waals surface area contributed by atoms with Gasteiger partial charge in [0.15, 0.2) is 5.41 Å². The summed E-state index contributed by atoms with van der Waals surface area (Å²) in [7, 11) is 0. The minimum absolute atomic E-state index is 0.0892. The van der Waals surface area contributed by atoms with E-state index in [0.717, 1.165) is 22.4 Å². The molecule has 2 aromatic carbocycles. The Morgan fingerprint density at radius 2 is 1.55 bits per heavy atom. The van der Waals surface area contributed by atoms with Crippen molar-refractivity contribution < 1.29 is 23.9 Å². The zero-order valence-corrected chi connectivity index (χ0v) is 24.7. The van der Waals surface area contributed by atoms with E-state index in [1.165, 1.54) is 0 Å². The largest absolute Gasteiger partial charge is 0.462 e. The molecule has 0 spiro atoms. The van der Waals surface area contributed by atoms with Gasteiger partial charge in [-0.25, -0.2) is 0 Å². The Kier molecular flexibility index (Phi) is 9.81. The van der Waals surface area contributed by atoms with E-state index < -0.39 is 41.4 Å². The van der Waals surface area contributed by atoms with Crippen LogP contribution in [-0.4, -0.2) is 35.0 Å². The van der Waals surface area contributed by atoms with Crippen LogP contribution in [0, 0.1) is 22.2 Å². The highest BCUT2D eigenvalue weighted by molar-refractivity contribution is 6.30. The van der Waals surface area contributed by atoms with Crippen LogP contribution in [0.25, 0.3) is 5.70 Å². The summed E-state index contributed by atoms with van der Waals surface area (Å²) in [6, 6.07) is 19.0. The maximum Gasteiger partial charge on any atom is 0.324 e. The molecule has 0 N–H and O–H groups in total. The van der Waals surface area contributed by atoms with Gasteiger partial charge in [0.2, 0.25) is 5.91 Å². The molecule has 0 saturated carbocycles. The summed E-state index contributed by atoms with van der Waals surface area (Å²) < 4.78 is 10.9. The van der Waals surface area contributed by atoms with Gasteiger partial charge in [0.25, 0.3) is 0 Å². The number of amides is 1. The van der Waals surface area contributed by atoms with Crippen LogP contribution in [0.3, 0.4) is 0 Å². The topological polar surface area (TPSA) is 96.7 Å². The van der Waals surface area contributed by atoms with E-state index >= 15 is 0 Å². The van der Waals surface area contributed by atoms with Gasteiger partial charge >= 0.3 is 11.9 Å². The molecule has 2 aromatic rings. The number of nitrogens with zero attached hydrogens (tertiary/aromatic N) is 2. The lowest BCUT2D eigenvalue weighted by molar-refractivity contribution is -0.178. The molecule has 0 aromatic heterocycles. The van der Waals surface area contributed by atoms with E-state index in [1.54, 1.807) is 44.7 Å². The van der Waals surface area contributed by atoms with Crippen molar-refractivity contribution in [2.24, 2.45) is 10.8 Å². The quantitative estimate of drug-likeness (QED) is 0.222. The number of benzene rings is 2. The first-order valence-electron chi connectivity index (χ1n) is 13.5. The predicted octanol–water partition coefficient (Wildman–Crippen LogP) is 6.70. The number of hydrogen-bond acceptors (Lipinski definition) is 6. The molecule has 1 aliphatic heterocycles. The summed E-state index contributed by atoms with van der Waals surface area (Å²) in [4.78, 5) is 42.7. The molecule has 0 radical (unpaired) electrons. The third kappa shape index (κ3) is 6.39. The summed E-state index contributed by atoms with van der Waals surface area (Å²) >= 11 is 6.09. The van der Waals surface area contributed by atoms with Crippen LogP contribution >= 0.6 is 11.6 Å². The van der Waals surface area contributed by atoms with Crippen LogP contribution in [0.5, 0.6) is 0 Å². The second-order valence-electron chi connectivity index (χ2n) is 11.0. The Morgan fingerprint density at radius 3 is 2.05 bits per heavy atom. The number of carbonyl (C=O) groups excluding carboxylic acids is 3. The van der Waals surface area contributed by atoms with Crippen LogP contribution in [0.15, 0.2) is 60.2 Å². The van der Waals surface area contributed by atoms with E-state index in [1.807, 2.05) is 62.4 Å².